The number of nitrogens with zero attached hydrogens (tertiary/aromatic N) is 2. The fraction of sp³-hybridized carbons (Fsp3) is 0.550. The molecule has 3 N–H and O–H groups in total. The highest BCUT2D eigenvalue weighted by molar-refractivity contribution is 7.10. The number of aryl methyl sites for hydroxylation is 2. The van der Waals surface area contributed by atoms with Gasteiger partial charge in [-0.25, -0.2) is 4.99 Å². The van der Waals surface area contributed by atoms with E-state index in [9.17, 15) is 5.11 Å². The standard InChI is InChI=1S/C20H32N4O2S/c1-7-21-19(22-12-17(24(5)6)18-9-8-10-27-18)23-13-20(4,25)16-11-14(2)26-15(16)3/h8-11,17,25H,7,12-13H2,1-6H3,(H2,21,22,23). The van der Waals surface area contributed by atoms with Crippen molar-refractivity contribution in [2.24, 2.45) is 4.99 Å². The van der Waals surface area contributed by atoms with E-state index in [-0.39, 0.29) is 12.6 Å². The highest BCUT2D eigenvalue weighted by atomic mass is 32.1. The van der Waals surface area contributed by atoms with Crippen LogP contribution in [0, 0.1) is 13.8 Å². The molecular weight excluding hydrogens is 360 g/mol. The van der Waals surface area contributed by atoms with Crippen molar-refractivity contribution in [3.05, 3.63) is 45.5 Å². The van der Waals surface area contributed by atoms with Crippen LogP contribution >= 0.6 is 11.3 Å². The van der Waals surface area contributed by atoms with Crippen molar-refractivity contribution in [3.8, 4) is 0 Å². The Morgan fingerprint density at radius 3 is 2.63 bits per heavy atom. The first-order chi connectivity index (χ1) is 12.7. The van der Waals surface area contributed by atoms with Crippen molar-refractivity contribution in [1.29, 1.82) is 0 Å². The van der Waals surface area contributed by atoms with Gasteiger partial charge in [0.25, 0.3) is 0 Å². The van der Waals surface area contributed by atoms with Gasteiger partial charge in [0.15, 0.2) is 5.96 Å². The predicted molar refractivity (Wildman–Crippen MR) is 112 cm³/mol. The van der Waals surface area contributed by atoms with Gasteiger partial charge in [0.2, 0.25) is 0 Å². The quantitative estimate of drug-likeness (QED) is 0.476. The fourth-order valence-corrected chi connectivity index (χ4v) is 3.96. The molecule has 2 aromatic heterocycles. The second-order valence-electron chi connectivity index (χ2n) is 7.17. The monoisotopic (exact) mass is 392 g/mol. The summed E-state index contributed by atoms with van der Waals surface area (Å²) in [6.45, 7) is 9.27. The molecule has 0 fully saturated rings. The molecule has 2 unspecified atom stereocenters. The van der Waals surface area contributed by atoms with Crippen LogP contribution in [0.15, 0.2) is 33.0 Å². The van der Waals surface area contributed by atoms with E-state index in [1.54, 1.807) is 18.3 Å². The van der Waals surface area contributed by atoms with Crippen LogP contribution in [0.3, 0.4) is 0 Å². The number of thiophene rings is 1. The van der Waals surface area contributed by atoms with E-state index in [1.807, 2.05) is 26.8 Å². The predicted octanol–water partition coefficient (Wildman–Crippen LogP) is 3.02. The highest BCUT2D eigenvalue weighted by Gasteiger charge is 2.27. The van der Waals surface area contributed by atoms with Gasteiger partial charge >= 0.3 is 0 Å². The smallest absolute Gasteiger partial charge is 0.191 e. The molecule has 2 aromatic rings. The Kier molecular flexibility index (Phi) is 7.47. The minimum Gasteiger partial charge on any atom is -0.466 e. The van der Waals surface area contributed by atoms with E-state index in [4.69, 9.17) is 4.42 Å². The third-order valence-corrected chi connectivity index (χ3v) is 5.44. The second-order valence-corrected chi connectivity index (χ2v) is 8.15. The first kappa shape index (κ1) is 21.5. The average Bonchev–Trinajstić information content (AvgIpc) is 3.22. The molecule has 150 valence electrons. The van der Waals surface area contributed by atoms with Gasteiger partial charge in [-0.15, -0.1) is 11.3 Å². The van der Waals surface area contributed by atoms with Gasteiger partial charge in [0.05, 0.1) is 12.6 Å². The van der Waals surface area contributed by atoms with E-state index in [0.717, 1.165) is 30.2 Å². The maximum absolute atomic E-state index is 10.9. The summed E-state index contributed by atoms with van der Waals surface area (Å²) in [6.07, 6.45) is 0. The van der Waals surface area contributed by atoms with Gasteiger partial charge in [-0.3, -0.25) is 0 Å². The fourth-order valence-electron chi connectivity index (χ4n) is 3.04. The Morgan fingerprint density at radius 2 is 2.11 bits per heavy atom. The summed E-state index contributed by atoms with van der Waals surface area (Å²) in [4.78, 5) is 8.11. The number of aliphatic imine (C=N–C) groups is 1. The lowest BCUT2D eigenvalue weighted by Crippen LogP contribution is -2.42. The molecule has 27 heavy (non-hydrogen) atoms. The molecule has 0 amide bonds. The highest BCUT2D eigenvalue weighted by Crippen LogP contribution is 2.27. The van der Waals surface area contributed by atoms with Crippen molar-refractivity contribution >= 4 is 17.3 Å². The molecule has 0 saturated heterocycles. The number of hydrogen-bond acceptors (Lipinski definition) is 5. The zero-order valence-electron chi connectivity index (χ0n) is 17.2. The average molecular weight is 393 g/mol. The van der Waals surface area contributed by atoms with E-state index in [0.29, 0.717) is 5.96 Å². The molecule has 7 heteroatoms. The topological polar surface area (TPSA) is 73.0 Å². The van der Waals surface area contributed by atoms with Crippen LogP contribution in [-0.4, -0.2) is 49.7 Å². The van der Waals surface area contributed by atoms with Crippen LogP contribution < -0.4 is 10.6 Å². The first-order valence-electron chi connectivity index (χ1n) is 9.26. The summed E-state index contributed by atoms with van der Waals surface area (Å²) < 4.78 is 5.56. The summed E-state index contributed by atoms with van der Waals surface area (Å²) in [7, 11) is 4.15. The normalized spacial score (nSPS) is 15.6. The maximum atomic E-state index is 10.9. The molecule has 2 heterocycles. The lowest BCUT2D eigenvalue weighted by molar-refractivity contribution is 0.0657. The van der Waals surface area contributed by atoms with Crippen molar-refractivity contribution in [2.75, 3.05) is 33.7 Å². The summed E-state index contributed by atoms with van der Waals surface area (Å²) in [5, 5.41) is 19.6. The van der Waals surface area contributed by atoms with Gasteiger partial charge in [0.1, 0.15) is 17.1 Å². The lowest BCUT2D eigenvalue weighted by atomic mass is 9.96. The van der Waals surface area contributed by atoms with E-state index in [2.05, 4.69) is 52.1 Å². The molecule has 0 aliphatic carbocycles. The number of guanidine groups is 1. The van der Waals surface area contributed by atoms with Gasteiger partial charge < -0.3 is 25.1 Å². The summed E-state index contributed by atoms with van der Waals surface area (Å²) >= 11 is 1.75. The molecular formula is C20H32N4O2S. The molecule has 0 aromatic carbocycles. The third kappa shape index (κ3) is 5.82. The van der Waals surface area contributed by atoms with Crippen LogP contribution in [0.25, 0.3) is 0 Å². The zero-order valence-corrected chi connectivity index (χ0v) is 18.0. The van der Waals surface area contributed by atoms with Crippen LogP contribution in [0.4, 0.5) is 0 Å². The van der Waals surface area contributed by atoms with Crippen LogP contribution in [0.5, 0.6) is 0 Å². The van der Waals surface area contributed by atoms with Crippen molar-refractivity contribution in [1.82, 2.24) is 15.5 Å². The van der Waals surface area contributed by atoms with Crippen molar-refractivity contribution in [3.63, 3.8) is 0 Å². The summed E-state index contributed by atoms with van der Waals surface area (Å²) in [5.74, 6) is 2.22. The Morgan fingerprint density at radius 1 is 1.37 bits per heavy atom. The number of rotatable bonds is 8. The van der Waals surface area contributed by atoms with E-state index >= 15 is 0 Å². The van der Waals surface area contributed by atoms with Gasteiger partial charge in [-0.2, -0.15) is 0 Å². The summed E-state index contributed by atoms with van der Waals surface area (Å²) in [5.41, 5.74) is -0.303. The first-order valence-corrected chi connectivity index (χ1v) is 10.1. The molecule has 0 saturated carbocycles. The summed E-state index contributed by atoms with van der Waals surface area (Å²) in [6, 6.07) is 6.36. The third-order valence-electron chi connectivity index (χ3n) is 4.47. The van der Waals surface area contributed by atoms with Gasteiger partial charge in [-0.05, 0) is 59.3 Å². The SMILES string of the molecule is CCNC(=NCC(C)(O)c1cc(C)oc1C)NCC(c1cccs1)N(C)C. The zero-order chi connectivity index (χ0) is 20.0. The lowest BCUT2D eigenvalue weighted by Gasteiger charge is -2.25. The van der Waals surface area contributed by atoms with Crippen molar-refractivity contribution in [2.45, 2.75) is 39.3 Å². The molecule has 2 atom stereocenters. The molecule has 0 aliphatic rings. The second kappa shape index (κ2) is 9.39. The maximum Gasteiger partial charge on any atom is 0.191 e. The molecule has 2 rings (SSSR count). The largest absolute Gasteiger partial charge is 0.466 e. The number of aliphatic hydroxyl groups is 1. The van der Waals surface area contributed by atoms with E-state index < -0.39 is 5.60 Å². The van der Waals surface area contributed by atoms with E-state index in [1.165, 1.54) is 4.88 Å². The minimum absolute atomic E-state index is 0.244. The Hall–Kier alpha value is -1.83. The number of nitrogens with one attached hydrogen (secondary N) is 2. The van der Waals surface area contributed by atoms with Gasteiger partial charge in [-0.1, -0.05) is 6.07 Å². The Labute approximate surface area is 166 Å². The number of likely N-dealkylation sites (N-methyl/N-ethyl adjacent to an activating group) is 1. The van der Waals surface area contributed by atoms with Crippen LogP contribution in [-0.2, 0) is 5.60 Å². The Bertz CT molecular complexity index is 735. The Balaban J connectivity index is 2.08. The minimum atomic E-state index is -1.08. The number of furan rings is 1. The molecule has 6 nitrogen and oxygen atoms in total. The molecule has 0 bridgehead atoms. The number of hydrogen-bond donors (Lipinski definition) is 3. The molecule has 0 radical (unpaired) electrons. The van der Waals surface area contributed by atoms with Crippen molar-refractivity contribution < 1.29 is 9.52 Å². The van der Waals surface area contributed by atoms with Gasteiger partial charge in [0, 0.05) is 23.5 Å². The molecule has 0 aliphatic heterocycles. The van der Waals surface area contributed by atoms with Crippen LogP contribution in [0.1, 0.15) is 41.9 Å². The van der Waals surface area contributed by atoms with Crippen LogP contribution in [0.2, 0.25) is 0 Å². The molecule has 0 spiro atoms.